The first-order chi connectivity index (χ1) is 49.7. The van der Waals surface area contributed by atoms with E-state index in [0.29, 0.717) is 25.7 Å². The van der Waals surface area contributed by atoms with Gasteiger partial charge in [0.1, 0.15) is 19.3 Å². The highest BCUT2D eigenvalue weighted by Crippen LogP contribution is 2.45. The minimum atomic E-state index is -4.98. The fourth-order valence-corrected chi connectivity index (χ4v) is 12.1. The van der Waals surface area contributed by atoms with Gasteiger partial charge in [0.15, 0.2) is 12.2 Å². The molecule has 102 heavy (non-hydrogen) atoms. The van der Waals surface area contributed by atoms with E-state index in [0.717, 1.165) is 186 Å². The van der Waals surface area contributed by atoms with E-state index in [4.69, 9.17) is 37.0 Å². The highest BCUT2D eigenvalue weighted by molar-refractivity contribution is 7.47. The third-order valence-corrected chi connectivity index (χ3v) is 18.6. The van der Waals surface area contributed by atoms with Crippen molar-refractivity contribution in [3.63, 3.8) is 0 Å². The Morgan fingerprint density at radius 2 is 0.520 bits per heavy atom. The molecule has 0 saturated heterocycles. The second-order valence-electron chi connectivity index (χ2n) is 26.6. The molecule has 0 fully saturated rings. The molecule has 0 heterocycles. The Balaban J connectivity index is 5.35. The molecule has 0 bridgehead atoms. The second kappa shape index (κ2) is 75.0. The number of hydrogen-bond acceptors (Lipinski definition) is 15. The van der Waals surface area contributed by atoms with Crippen LogP contribution in [0.2, 0.25) is 0 Å². The lowest BCUT2D eigenvalue weighted by atomic mass is 10.1. The molecule has 5 atom stereocenters. The van der Waals surface area contributed by atoms with Gasteiger partial charge in [-0.05, 0) is 148 Å². The second-order valence-corrected chi connectivity index (χ2v) is 29.5. The Hall–Kier alpha value is -4.28. The van der Waals surface area contributed by atoms with Gasteiger partial charge in [-0.25, -0.2) is 9.13 Å². The number of phosphoric ester groups is 2. The van der Waals surface area contributed by atoms with Gasteiger partial charge < -0.3 is 33.8 Å². The van der Waals surface area contributed by atoms with Crippen LogP contribution < -0.4 is 0 Å². The van der Waals surface area contributed by atoms with E-state index in [1.807, 2.05) is 0 Å². The molecule has 5 unspecified atom stereocenters. The summed E-state index contributed by atoms with van der Waals surface area (Å²) in [5, 5.41) is 10.6. The zero-order chi connectivity index (χ0) is 74.6. The first kappa shape index (κ1) is 97.7. The summed E-state index contributed by atoms with van der Waals surface area (Å²) in [6.07, 6.45) is 80.7. The van der Waals surface area contributed by atoms with E-state index in [1.54, 1.807) is 0 Å². The largest absolute Gasteiger partial charge is 0.472 e. The lowest BCUT2D eigenvalue weighted by molar-refractivity contribution is -0.161. The number of carbonyl (C=O) groups is 4. The van der Waals surface area contributed by atoms with Crippen LogP contribution in [0.1, 0.15) is 336 Å². The van der Waals surface area contributed by atoms with Gasteiger partial charge in [-0.15, -0.1) is 0 Å². The fraction of sp³-hybridized carbons (Fsp3) is 0.735. The molecule has 0 spiro atoms. The maximum Gasteiger partial charge on any atom is 0.472 e. The van der Waals surface area contributed by atoms with Crippen molar-refractivity contribution in [1.29, 1.82) is 0 Å². The quantitative estimate of drug-likeness (QED) is 0.0169. The Kier molecular flexibility index (Phi) is 71.8. The fourth-order valence-electron chi connectivity index (χ4n) is 10.5. The third kappa shape index (κ3) is 74.0. The molecule has 0 rings (SSSR count). The Bertz CT molecular complexity index is 2360. The zero-order valence-corrected chi connectivity index (χ0v) is 66.0. The summed E-state index contributed by atoms with van der Waals surface area (Å²) in [7, 11) is -9.97. The number of esters is 4. The summed E-state index contributed by atoms with van der Waals surface area (Å²) >= 11 is 0. The summed E-state index contributed by atoms with van der Waals surface area (Å²) < 4.78 is 68.5. The van der Waals surface area contributed by atoms with Crippen LogP contribution in [-0.2, 0) is 65.4 Å². The topological polar surface area (TPSA) is 237 Å². The van der Waals surface area contributed by atoms with Gasteiger partial charge in [0.25, 0.3) is 0 Å². The van der Waals surface area contributed by atoms with Crippen LogP contribution in [0.25, 0.3) is 0 Å². The molecular weight excluding hydrogens is 1330 g/mol. The lowest BCUT2D eigenvalue weighted by Crippen LogP contribution is -2.30. The van der Waals surface area contributed by atoms with Gasteiger partial charge in [-0.3, -0.25) is 37.3 Å². The van der Waals surface area contributed by atoms with Crippen molar-refractivity contribution in [2.45, 2.75) is 354 Å². The van der Waals surface area contributed by atoms with Crippen LogP contribution >= 0.6 is 15.6 Å². The van der Waals surface area contributed by atoms with Crippen molar-refractivity contribution in [1.82, 2.24) is 0 Å². The first-order valence-electron chi connectivity index (χ1n) is 40.1. The lowest BCUT2D eigenvalue weighted by Gasteiger charge is -2.21. The summed E-state index contributed by atoms with van der Waals surface area (Å²) in [5.41, 5.74) is 0. The first-order valence-corrected chi connectivity index (χ1v) is 43.1. The molecule has 0 radical (unpaired) electrons. The van der Waals surface area contributed by atoms with E-state index in [2.05, 4.69) is 137 Å². The highest BCUT2D eigenvalue weighted by atomic mass is 31.2. The summed E-state index contributed by atoms with van der Waals surface area (Å²) in [6.45, 7) is 4.66. The van der Waals surface area contributed by atoms with Crippen molar-refractivity contribution >= 4 is 39.5 Å². The Labute approximate surface area is 619 Å². The molecule has 0 aliphatic rings. The average molecular weight is 1480 g/mol. The molecule has 588 valence electrons. The van der Waals surface area contributed by atoms with Gasteiger partial charge in [-0.1, -0.05) is 272 Å². The Morgan fingerprint density at radius 1 is 0.284 bits per heavy atom. The van der Waals surface area contributed by atoms with E-state index in [-0.39, 0.29) is 25.7 Å². The minimum Gasteiger partial charge on any atom is -0.462 e. The predicted octanol–water partition coefficient (Wildman–Crippen LogP) is 23.3. The van der Waals surface area contributed by atoms with Crippen molar-refractivity contribution in [3.05, 3.63) is 109 Å². The van der Waals surface area contributed by atoms with Gasteiger partial charge in [0, 0.05) is 25.7 Å². The van der Waals surface area contributed by atoms with Crippen molar-refractivity contribution in [3.8, 4) is 0 Å². The normalized spacial score (nSPS) is 14.5. The van der Waals surface area contributed by atoms with Crippen LogP contribution in [0.15, 0.2) is 109 Å². The van der Waals surface area contributed by atoms with Gasteiger partial charge in [0.05, 0.1) is 26.4 Å². The van der Waals surface area contributed by atoms with Crippen LogP contribution in [0.5, 0.6) is 0 Å². The smallest absolute Gasteiger partial charge is 0.462 e. The van der Waals surface area contributed by atoms with Crippen LogP contribution in [0, 0.1) is 0 Å². The number of unbranched alkanes of at least 4 members (excludes halogenated alkanes) is 31. The number of allylic oxidation sites excluding steroid dienone is 18. The van der Waals surface area contributed by atoms with Gasteiger partial charge in [-0.2, -0.15) is 0 Å². The van der Waals surface area contributed by atoms with E-state index in [1.165, 1.54) is 70.6 Å². The molecule has 0 aromatic carbocycles. The van der Waals surface area contributed by atoms with Crippen molar-refractivity contribution in [2.24, 2.45) is 0 Å². The van der Waals surface area contributed by atoms with Crippen molar-refractivity contribution in [2.75, 3.05) is 39.6 Å². The van der Waals surface area contributed by atoms with Gasteiger partial charge >= 0.3 is 39.5 Å². The number of aliphatic hydroxyl groups excluding tert-OH is 1. The minimum absolute atomic E-state index is 0.0776. The standard InChI is InChI=1S/C83H144O17P2/c1-5-9-13-17-21-25-29-32-35-37-38-40-43-45-49-52-56-60-64-68-81(86)94-74-79(100-83(88)70-66-62-58-54-50-46-41-34-31-27-23-19-15-11-7-3)76-98-102(91,92)96-72-77(84)71-95-101(89,90)97-75-78(99-82(87)69-65-61-57-53-47-28-24-20-16-12-8-4)73-93-80(85)67-63-59-55-51-48-44-42-39-36-33-30-26-22-18-14-10-6-2/h10,14,20-22,24-26,32-36,38,40-42,44,77-79,84H,5-9,11-13,15-19,23,27-31,37,39,43,45-76H2,1-4H3,(H,89,90)(H,91,92)/b14-10-,24-20-,25-21-,26-22-,35-32-,36-33-,40-38-,41-34-,44-42-. The number of phosphoric acid groups is 2. The molecule has 17 nitrogen and oxygen atoms in total. The summed E-state index contributed by atoms with van der Waals surface area (Å²) in [4.78, 5) is 73.0. The summed E-state index contributed by atoms with van der Waals surface area (Å²) in [6, 6.07) is 0. The number of carbonyl (C=O) groups excluding carboxylic acids is 4. The molecule has 3 N–H and O–H groups in total. The molecular formula is C83H144O17P2. The Morgan fingerprint density at radius 3 is 0.843 bits per heavy atom. The molecule has 0 aromatic heterocycles. The van der Waals surface area contributed by atoms with E-state index in [9.17, 15) is 43.2 Å². The van der Waals surface area contributed by atoms with Crippen LogP contribution in [-0.4, -0.2) is 96.7 Å². The maximum absolute atomic E-state index is 13.1. The van der Waals surface area contributed by atoms with Crippen LogP contribution in [0.4, 0.5) is 0 Å². The molecule has 0 amide bonds. The van der Waals surface area contributed by atoms with Gasteiger partial charge in [0.2, 0.25) is 0 Å². The summed E-state index contributed by atoms with van der Waals surface area (Å²) in [5.74, 6) is -2.22. The molecule has 0 aromatic rings. The van der Waals surface area contributed by atoms with Crippen LogP contribution in [0.3, 0.4) is 0 Å². The molecule has 19 heteroatoms. The monoisotopic (exact) mass is 1470 g/mol. The average Bonchev–Trinajstić information content (AvgIpc) is 0.926. The number of aliphatic hydroxyl groups is 1. The van der Waals surface area contributed by atoms with Crippen molar-refractivity contribution < 1.29 is 80.2 Å². The molecule has 0 aliphatic heterocycles. The number of ether oxygens (including phenoxy) is 4. The predicted molar refractivity (Wildman–Crippen MR) is 418 cm³/mol. The molecule has 0 saturated carbocycles. The highest BCUT2D eigenvalue weighted by Gasteiger charge is 2.30. The third-order valence-electron chi connectivity index (χ3n) is 16.7. The number of hydrogen-bond donors (Lipinski definition) is 3. The number of rotatable bonds is 75. The maximum atomic E-state index is 13.1. The van der Waals surface area contributed by atoms with E-state index >= 15 is 0 Å². The molecule has 0 aliphatic carbocycles. The van der Waals surface area contributed by atoms with E-state index < -0.39 is 97.5 Å². The SMILES string of the molecule is CC/C=C\C/C=C\C/C=C\C/C=C\CCCCCCC(=O)OCC(COP(=O)(O)OCC(O)COP(=O)(O)OCC(COC(=O)CCCCCCCC/C=C\C/C=C\C/C=C\CCCCC)OC(=O)CCCCCCC/C=C\CCCCCCCC)OC(=O)CCCCCCC/C=C\CCCC. The zero-order valence-electron chi connectivity index (χ0n) is 64.3.